The molecule has 4 aromatic rings. The Bertz CT molecular complexity index is 1260. The molecule has 35 heavy (non-hydrogen) atoms. The van der Waals surface area contributed by atoms with Crippen molar-refractivity contribution in [3.63, 3.8) is 0 Å². The van der Waals surface area contributed by atoms with Gasteiger partial charge in [0.25, 0.3) is 0 Å². The van der Waals surface area contributed by atoms with Gasteiger partial charge < -0.3 is 24.9 Å². The Labute approximate surface area is 202 Å². The third-order valence-corrected chi connectivity index (χ3v) is 5.84. The van der Waals surface area contributed by atoms with Crippen LogP contribution in [0.2, 0.25) is 0 Å². The second-order valence-electron chi connectivity index (χ2n) is 8.44. The molecule has 0 amide bonds. The van der Waals surface area contributed by atoms with E-state index in [0.29, 0.717) is 42.1 Å². The van der Waals surface area contributed by atoms with Gasteiger partial charge in [-0.15, -0.1) is 0 Å². The molecule has 180 valence electrons. The van der Waals surface area contributed by atoms with Gasteiger partial charge in [0, 0.05) is 17.7 Å². The summed E-state index contributed by atoms with van der Waals surface area (Å²) in [5.41, 5.74) is 3.69. The first-order valence-corrected chi connectivity index (χ1v) is 11.5. The maximum absolute atomic E-state index is 13.6. The Morgan fingerprint density at radius 3 is 2.51 bits per heavy atom. The molecule has 5 rings (SSSR count). The average molecular weight is 476 g/mol. The molecule has 0 radical (unpaired) electrons. The van der Waals surface area contributed by atoms with E-state index in [4.69, 9.17) is 19.4 Å². The van der Waals surface area contributed by atoms with Gasteiger partial charge in [0.15, 0.2) is 5.82 Å². The monoisotopic (exact) mass is 475 g/mol. The molecule has 8 nitrogen and oxygen atoms in total. The van der Waals surface area contributed by atoms with Crippen LogP contribution < -0.4 is 5.32 Å². The zero-order chi connectivity index (χ0) is 24.2. The molecule has 2 aromatic carbocycles. The van der Waals surface area contributed by atoms with E-state index < -0.39 is 6.29 Å². The molecule has 9 heteroatoms. The number of aromatic nitrogens is 4. The van der Waals surface area contributed by atoms with Crippen LogP contribution >= 0.6 is 0 Å². The Balaban J connectivity index is 1.47. The number of nitrogens with zero attached hydrogens (tertiary/aromatic N) is 3. The van der Waals surface area contributed by atoms with Crippen molar-refractivity contribution in [1.82, 2.24) is 19.9 Å². The molecule has 2 aromatic heterocycles. The summed E-state index contributed by atoms with van der Waals surface area (Å²) in [5, 5.41) is 12.7. The van der Waals surface area contributed by atoms with Gasteiger partial charge in [0.05, 0.1) is 42.9 Å². The number of aliphatic hydroxyl groups excluding tert-OH is 1. The third-order valence-electron chi connectivity index (χ3n) is 5.84. The summed E-state index contributed by atoms with van der Waals surface area (Å²) in [6.45, 7) is 2.76. The van der Waals surface area contributed by atoms with Crippen LogP contribution in [0.1, 0.15) is 30.6 Å². The van der Waals surface area contributed by atoms with E-state index in [0.717, 1.165) is 11.1 Å². The highest BCUT2D eigenvalue weighted by atomic mass is 19.1. The quantitative estimate of drug-likeness (QED) is 0.361. The van der Waals surface area contributed by atoms with Gasteiger partial charge in [-0.25, -0.2) is 19.3 Å². The van der Waals surface area contributed by atoms with Crippen molar-refractivity contribution in [1.29, 1.82) is 0 Å². The van der Waals surface area contributed by atoms with Gasteiger partial charge in [0.1, 0.15) is 5.82 Å². The van der Waals surface area contributed by atoms with E-state index in [1.54, 1.807) is 24.4 Å². The molecule has 1 aliphatic rings. The number of benzene rings is 2. The van der Waals surface area contributed by atoms with Crippen LogP contribution in [-0.2, 0) is 9.47 Å². The van der Waals surface area contributed by atoms with Crippen LogP contribution in [0.3, 0.4) is 0 Å². The molecule has 0 bridgehead atoms. The lowest BCUT2D eigenvalue weighted by Gasteiger charge is -2.26. The number of ether oxygens (including phenoxy) is 2. The van der Waals surface area contributed by atoms with Crippen molar-refractivity contribution in [3.05, 3.63) is 84.1 Å². The zero-order valence-electron chi connectivity index (χ0n) is 19.2. The highest BCUT2D eigenvalue weighted by Gasteiger charge is 2.27. The van der Waals surface area contributed by atoms with Crippen molar-refractivity contribution in [2.45, 2.75) is 19.3 Å². The second kappa shape index (κ2) is 10.3. The fraction of sp³-hybridized carbons (Fsp3) is 0.269. The van der Waals surface area contributed by atoms with Crippen LogP contribution in [0.4, 0.5) is 10.3 Å². The van der Waals surface area contributed by atoms with Crippen LogP contribution in [-0.4, -0.2) is 44.9 Å². The van der Waals surface area contributed by atoms with Crippen molar-refractivity contribution in [2.24, 2.45) is 5.92 Å². The minimum atomic E-state index is -0.705. The predicted octanol–water partition coefficient (Wildman–Crippen LogP) is 4.50. The van der Waals surface area contributed by atoms with Gasteiger partial charge in [-0.2, -0.15) is 0 Å². The van der Waals surface area contributed by atoms with E-state index in [2.05, 4.69) is 15.3 Å². The zero-order valence-corrected chi connectivity index (χ0v) is 19.2. The molecular formula is C26H26FN5O3. The lowest BCUT2D eigenvalue weighted by Crippen LogP contribution is -2.29. The summed E-state index contributed by atoms with van der Waals surface area (Å²) >= 11 is 0. The number of rotatable bonds is 7. The van der Waals surface area contributed by atoms with Crippen molar-refractivity contribution in [3.8, 4) is 22.6 Å². The minimum Gasteiger partial charge on any atom is -0.396 e. The second-order valence-corrected chi connectivity index (χ2v) is 8.44. The summed E-state index contributed by atoms with van der Waals surface area (Å²) in [5.74, 6) is 0.542. The molecule has 1 fully saturated rings. The first-order chi connectivity index (χ1) is 17.1. The highest BCUT2D eigenvalue weighted by molar-refractivity contribution is 5.77. The number of aromatic amines is 1. The first-order valence-electron chi connectivity index (χ1n) is 11.5. The first kappa shape index (κ1) is 23.1. The lowest BCUT2D eigenvalue weighted by atomic mass is 10.1. The van der Waals surface area contributed by atoms with Gasteiger partial charge >= 0.3 is 0 Å². The maximum Gasteiger partial charge on any atom is 0.223 e. The molecule has 1 atom stereocenters. The number of halogens is 1. The van der Waals surface area contributed by atoms with Crippen LogP contribution in [0.15, 0.2) is 66.9 Å². The number of nitrogens with one attached hydrogen (secondary N) is 2. The van der Waals surface area contributed by atoms with Crippen molar-refractivity contribution in [2.75, 3.05) is 25.1 Å². The maximum atomic E-state index is 13.6. The van der Waals surface area contributed by atoms with Crippen molar-refractivity contribution < 1.29 is 19.0 Å². The van der Waals surface area contributed by atoms with E-state index in [1.807, 2.05) is 37.3 Å². The molecule has 1 aliphatic heterocycles. The normalized spacial score (nSPS) is 18.8. The Kier molecular flexibility index (Phi) is 6.80. The smallest absolute Gasteiger partial charge is 0.223 e. The molecule has 0 saturated carbocycles. The Morgan fingerprint density at radius 2 is 1.80 bits per heavy atom. The van der Waals surface area contributed by atoms with Crippen molar-refractivity contribution >= 4 is 5.95 Å². The summed E-state index contributed by atoms with van der Waals surface area (Å²) in [7, 11) is 0. The average Bonchev–Trinajstić information content (AvgIpc) is 3.35. The minimum absolute atomic E-state index is 0.00357. The highest BCUT2D eigenvalue weighted by Crippen LogP contribution is 2.33. The summed E-state index contributed by atoms with van der Waals surface area (Å²) in [6.07, 6.45) is 0.972. The number of imidazole rings is 1. The van der Waals surface area contributed by atoms with E-state index in [-0.39, 0.29) is 24.4 Å². The standard InChI is InChI=1S/C26H26FN5O3/c1-16(18-5-3-2-4-6-18)29-26-28-12-11-21(30-26)23-22(19-7-9-20(27)10-8-19)31-24(32-23)25-34-14-17(13-33)15-35-25/h2-12,16-17,25,33H,13-15H2,1H3,(H,31,32)(H,28,29,30). The van der Waals surface area contributed by atoms with E-state index >= 15 is 0 Å². The fourth-order valence-corrected chi connectivity index (χ4v) is 3.90. The van der Waals surface area contributed by atoms with Gasteiger partial charge in [-0.1, -0.05) is 30.3 Å². The van der Waals surface area contributed by atoms with Gasteiger partial charge in [0.2, 0.25) is 12.2 Å². The fourth-order valence-electron chi connectivity index (χ4n) is 3.90. The molecular weight excluding hydrogens is 449 g/mol. The number of H-pyrrole nitrogens is 1. The molecule has 3 heterocycles. The molecule has 0 aliphatic carbocycles. The van der Waals surface area contributed by atoms with Gasteiger partial charge in [-0.3, -0.25) is 0 Å². The summed E-state index contributed by atoms with van der Waals surface area (Å²) in [4.78, 5) is 17.1. The number of hydrogen-bond acceptors (Lipinski definition) is 7. The number of aliphatic hydroxyl groups is 1. The number of hydrogen-bond donors (Lipinski definition) is 3. The number of anilines is 1. The van der Waals surface area contributed by atoms with Gasteiger partial charge in [-0.05, 0) is 42.8 Å². The largest absolute Gasteiger partial charge is 0.396 e. The molecule has 1 unspecified atom stereocenters. The molecule has 1 saturated heterocycles. The van der Waals surface area contributed by atoms with Crippen LogP contribution in [0, 0.1) is 11.7 Å². The SMILES string of the molecule is CC(Nc1nccc(-c2[nH]c(C3OCC(CO)CO3)nc2-c2ccc(F)cc2)n1)c1ccccc1. The predicted molar refractivity (Wildman–Crippen MR) is 129 cm³/mol. The summed E-state index contributed by atoms with van der Waals surface area (Å²) in [6, 6.07) is 17.9. The van der Waals surface area contributed by atoms with Crippen LogP contribution in [0.25, 0.3) is 22.6 Å². The summed E-state index contributed by atoms with van der Waals surface area (Å²) < 4.78 is 25.1. The van der Waals surface area contributed by atoms with E-state index in [1.165, 1.54) is 12.1 Å². The third kappa shape index (κ3) is 5.22. The Morgan fingerprint density at radius 1 is 1.06 bits per heavy atom. The van der Waals surface area contributed by atoms with Crippen LogP contribution in [0.5, 0.6) is 0 Å². The lowest BCUT2D eigenvalue weighted by molar-refractivity contribution is -0.213. The Hall–Kier alpha value is -3.66. The molecule has 0 spiro atoms. The van der Waals surface area contributed by atoms with E-state index in [9.17, 15) is 9.50 Å². The topological polar surface area (TPSA) is 105 Å². The molecule has 3 N–H and O–H groups in total.